The van der Waals surface area contributed by atoms with Gasteiger partial charge in [-0.05, 0) is 30.2 Å². The first-order valence-electron chi connectivity index (χ1n) is 6.45. The molecular formula is C17H17NO2. The quantitative estimate of drug-likeness (QED) is 0.645. The second-order valence-corrected chi connectivity index (χ2v) is 4.36. The molecule has 0 amide bonds. The van der Waals surface area contributed by atoms with Gasteiger partial charge in [0.1, 0.15) is 0 Å². The molecule has 0 unspecified atom stereocenters. The van der Waals surface area contributed by atoms with Crippen LogP contribution in [0.2, 0.25) is 0 Å². The molecule has 0 aliphatic rings. The van der Waals surface area contributed by atoms with Crippen molar-refractivity contribution in [3.63, 3.8) is 0 Å². The van der Waals surface area contributed by atoms with Crippen LogP contribution in [0.25, 0.3) is 0 Å². The highest BCUT2D eigenvalue weighted by molar-refractivity contribution is 5.74. The predicted octanol–water partition coefficient (Wildman–Crippen LogP) is 3.17. The number of rotatable bonds is 5. The van der Waals surface area contributed by atoms with E-state index in [1.165, 1.54) is 5.56 Å². The maximum Gasteiger partial charge on any atom is 0.178 e. The molecule has 2 aromatic carbocycles. The number of benzene rings is 2. The molecule has 0 saturated carbocycles. The standard InChI is InChI=1S/C17H17NO2/c19-17(20)15-9-11-16(12-10-15)18-13-5-4-8-14-6-2-1-3-7-14/h1-7,9-13,17,19-20H,8H2/b5-4-,18-13?. The topological polar surface area (TPSA) is 52.8 Å². The van der Waals surface area contributed by atoms with E-state index in [1.807, 2.05) is 30.4 Å². The number of aliphatic imine (C=N–C) groups is 1. The Labute approximate surface area is 118 Å². The zero-order valence-electron chi connectivity index (χ0n) is 11.1. The largest absolute Gasteiger partial charge is 0.364 e. The minimum atomic E-state index is -1.43. The summed E-state index contributed by atoms with van der Waals surface area (Å²) < 4.78 is 0. The molecule has 3 heteroatoms. The van der Waals surface area contributed by atoms with Crippen LogP contribution in [0.1, 0.15) is 17.4 Å². The Balaban J connectivity index is 1.87. The van der Waals surface area contributed by atoms with Crippen molar-refractivity contribution in [3.05, 3.63) is 77.9 Å². The first-order valence-corrected chi connectivity index (χ1v) is 6.45. The van der Waals surface area contributed by atoms with Gasteiger partial charge in [0.2, 0.25) is 0 Å². The third-order valence-electron chi connectivity index (χ3n) is 2.83. The van der Waals surface area contributed by atoms with Crippen molar-refractivity contribution >= 4 is 11.9 Å². The van der Waals surface area contributed by atoms with Crippen molar-refractivity contribution in [2.75, 3.05) is 0 Å². The highest BCUT2D eigenvalue weighted by Gasteiger charge is 2.00. The maximum absolute atomic E-state index is 8.97. The molecule has 0 fully saturated rings. The Morgan fingerprint density at radius 3 is 2.30 bits per heavy atom. The van der Waals surface area contributed by atoms with Crippen LogP contribution in [0.3, 0.4) is 0 Å². The van der Waals surface area contributed by atoms with Gasteiger partial charge in [0.05, 0.1) is 5.69 Å². The van der Waals surface area contributed by atoms with E-state index in [2.05, 4.69) is 17.1 Å². The molecule has 0 aromatic heterocycles. The lowest BCUT2D eigenvalue weighted by Crippen LogP contribution is -1.92. The molecule has 3 nitrogen and oxygen atoms in total. The van der Waals surface area contributed by atoms with Crippen LogP contribution >= 0.6 is 0 Å². The van der Waals surface area contributed by atoms with Crippen LogP contribution < -0.4 is 0 Å². The van der Waals surface area contributed by atoms with Crippen LogP contribution in [-0.2, 0) is 6.42 Å². The molecule has 0 aliphatic carbocycles. The average molecular weight is 267 g/mol. The van der Waals surface area contributed by atoms with Crippen LogP contribution in [0.4, 0.5) is 5.69 Å². The van der Waals surface area contributed by atoms with Crippen molar-refractivity contribution in [1.82, 2.24) is 0 Å². The summed E-state index contributed by atoms with van der Waals surface area (Å²) in [7, 11) is 0. The maximum atomic E-state index is 8.97. The van der Waals surface area contributed by atoms with Crippen molar-refractivity contribution in [2.24, 2.45) is 4.99 Å². The van der Waals surface area contributed by atoms with E-state index in [9.17, 15) is 0 Å². The van der Waals surface area contributed by atoms with Gasteiger partial charge in [0.15, 0.2) is 6.29 Å². The van der Waals surface area contributed by atoms with E-state index in [0.29, 0.717) is 5.56 Å². The molecule has 2 rings (SSSR count). The van der Waals surface area contributed by atoms with Crippen molar-refractivity contribution in [3.8, 4) is 0 Å². The number of aliphatic hydroxyl groups excluding tert-OH is 1. The van der Waals surface area contributed by atoms with Gasteiger partial charge < -0.3 is 10.2 Å². The third-order valence-corrected chi connectivity index (χ3v) is 2.83. The molecule has 102 valence electrons. The summed E-state index contributed by atoms with van der Waals surface area (Å²) in [6.07, 6.45) is 5.13. The number of hydrogen-bond acceptors (Lipinski definition) is 3. The number of allylic oxidation sites excluding steroid dienone is 2. The molecule has 20 heavy (non-hydrogen) atoms. The molecule has 0 saturated heterocycles. The third kappa shape index (κ3) is 4.46. The highest BCUT2D eigenvalue weighted by Crippen LogP contribution is 2.16. The van der Waals surface area contributed by atoms with Gasteiger partial charge in [-0.15, -0.1) is 0 Å². The zero-order chi connectivity index (χ0) is 14.2. The molecule has 0 atom stereocenters. The Kier molecular flexibility index (Phi) is 5.24. The lowest BCUT2D eigenvalue weighted by atomic mass is 10.1. The molecule has 0 heterocycles. The summed E-state index contributed by atoms with van der Waals surface area (Å²) in [6.45, 7) is 0. The second-order valence-electron chi connectivity index (χ2n) is 4.36. The lowest BCUT2D eigenvalue weighted by molar-refractivity contribution is -0.0424. The van der Waals surface area contributed by atoms with E-state index < -0.39 is 6.29 Å². The summed E-state index contributed by atoms with van der Waals surface area (Å²) in [5.74, 6) is 0. The monoisotopic (exact) mass is 267 g/mol. The Morgan fingerprint density at radius 1 is 0.950 bits per heavy atom. The predicted molar refractivity (Wildman–Crippen MR) is 81.1 cm³/mol. The lowest BCUT2D eigenvalue weighted by Gasteiger charge is -2.02. The van der Waals surface area contributed by atoms with Crippen molar-refractivity contribution in [1.29, 1.82) is 0 Å². The summed E-state index contributed by atoms with van der Waals surface area (Å²) in [6, 6.07) is 17.0. The second kappa shape index (κ2) is 7.38. The Hall–Kier alpha value is -2.23. The van der Waals surface area contributed by atoms with Crippen molar-refractivity contribution < 1.29 is 10.2 Å². The molecule has 0 radical (unpaired) electrons. The normalized spacial score (nSPS) is 11.8. The van der Waals surface area contributed by atoms with Gasteiger partial charge in [0, 0.05) is 11.8 Å². The van der Waals surface area contributed by atoms with E-state index >= 15 is 0 Å². The van der Waals surface area contributed by atoms with Gasteiger partial charge in [-0.25, -0.2) is 0 Å². The highest BCUT2D eigenvalue weighted by atomic mass is 16.5. The summed E-state index contributed by atoms with van der Waals surface area (Å²) in [5, 5.41) is 17.9. The fourth-order valence-corrected chi connectivity index (χ4v) is 1.74. The first kappa shape index (κ1) is 14.2. The number of hydrogen-bond donors (Lipinski definition) is 2. The Bertz CT molecular complexity index is 572. The summed E-state index contributed by atoms with van der Waals surface area (Å²) in [4.78, 5) is 4.26. The molecule has 0 spiro atoms. The van der Waals surface area contributed by atoms with Gasteiger partial charge in [-0.2, -0.15) is 0 Å². The minimum Gasteiger partial charge on any atom is -0.364 e. The van der Waals surface area contributed by atoms with Gasteiger partial charge in [-0.3, -0.25) is 4.99 Å². The Morgan fingerprint density at radius 2 is 1.65 bits per heavy atom. The van der Waals surface area contributed by atoms with Crippen LogP contribution in [-0.4, -0.2) is 16.4 Å². The van der Waals surface area contributed by atoms with Gasteiger partial charge in [0.25, 0.3) is 0 Å². The molecule has 0 bridgehead atoms. The average Bonchev–Trinajstić information content (AvgIpc) is 2.48. The fraction of sp³-hybridized carbons (Fsp3) is 0.118. The van der Waals surface area contributed by atoms with E-state index in [1.54, 1.807) is 30.5 Å². The SMILES string of the molecule is OC(O)c1ccc(N=C/C=C\Cc2ccccc2)cc1. The van der Waals surface area contributed by atoms with Gasteiger partial charge in [-0.1, -0.05) is 48.5 Å². The molecular weight excluding hydrogens is 250 g/mol. The van der Waals surface area contributed by atoms with E-state index in [4.69, 9.17) is 10.2 Å². The van der Waals surface area contributed by atoms with E-state index in [-0.39, 0.29) is 0 Å². The fourth-order valence-electron chi connectivity index (χ4n) is 1.74. The zero-order valence-corrected chi connectivity index (χ0v) is 11.1. The number of nitrogens with zero attached hydrogens (tertiary/aromatic N) is 1. The summed E-state index contributed by atoms with van der Waals surface area (Å²) in [5.41, 5.74) is 2.50. The van der Waals surface area contributed by atoms with Gasteiger partial charge >= 0.3 is 0 Å². The van der Waals surface area contributed by atoms with Crippen LogP contribution in [0.5, 0.6) is 0 Å². The number of aliphatic hydroxyl groups is 2. The first-order chi connectivity index (χ1) is 9.75. The minimum absolute atomic E-state index is 0.462. The molecule has 2 aromatic rings. The smallest absolute Gasteiger partial charge is 0.178 e. The molecule has 0 aliphatic heterocycles. The van der Waals surface area contributed by atoms with E-state index in [0.717, 1.165) is 12.1 Å². The summed E-state index contributed by atoms with van der Waals surface area (Å²) >= 11 is 0. The van der Waals surface area contributed by atoms with Crippen LogP contribution in [0.15, 0.2) is 71.7 Å². The molecule has 2 N–H and O–H groups in total. The van der Waals surface area contributed by atoms with Crippen LogP contribution in [0, 0.1) is 0 Å². The van der Waals surface area contributed by atoms with Crippen molar-refractivity contribution in [2.45, 2.75) is 12.7 Å².